The highest BCUT2D eigenvalue weighted by Crippen LogP contribution is 2.19. The van der Waals surface area contributed by atoms with E-state index in [0.29, 0.717) is 6.54 Å². The second kappa shape index (κ2) is 11.8. The molecule has 1 aromatic heterocycles. The lowest BCUT2D eigenvalue weighted by Gasteiger charge is -2.24. The summed E-state index contributed by atoms with van der Waals surface area (Å²) in [5, 5.41) is 0.913. The average molecular weight is 451 g/mol. The summed E-state index contributed by atoms with van der Waals surface area (Å²) in [4.78, 5) is 21.5. The van der Waals surface area contributed by atoms with Crippen LogP contribution in [-0.2, 0) is 12.8 Å². The van der Waals surface area contributed by atoms with E-state index >= 15 is 0 Å². The van der Waals surface area contributed by atoms with Crippen LogP contribution in [0, 0.1) is 6.92 Å². The largest absolute Gasteiger partial charge is 0.345 e. The minimum absolute atomic E-state index is 0.0559. The Labute approximate surface area is 196 Å². The van der Waals surface area contributed by atoms with E-state index in [1.807, 2.05) is 19.2 Å². The molecular formula is C26H34N4OS. The molecule has 0 aliphatic carbocycles. The van der Waals surface area contributed by atoms with E-state index in [2.05, 4.69) is 66.4 Å². The summed E-state index contributed by atoms with van der Waals surface area (Å²) in [5.74, 6) is 0.903. The molecule has 1 amide bonds. The van der Waals surface area contributed by atoms with Crippen LogP contribution >= 0.6 is 11.5 Å². The maximum Gasteiger partial charge on any atom is 0.253 e. The zero-order valence-corrected chi connectivity index (χ0v) is 20.5. The molecule has 3 aromatic rings. The van der Waals surface area contributed by atoms with Crippen molar-refractivity contribution in [3.8, 4) is 0 Å². The van der Waals surface area contributed by atoms with E-state index in [0.717, 1.165) is 42.5 Å². The fourth-order valence-corrected chi connectivity index (χ4v) is 4.28. The Morgan fingerprint density at radius 2 is 1.66 bits per heavy atom. The monoisotopic (exact) mass is 450 g/mol. The summed E-state index contributed by atoms with van der Waals surface area (Å²) in [6.07, 6.45) is 4.17. The third-order valence-electron chi connectivity index (χ3n) is 5.66. The van der Waals surface area contributed by atoms with Crippen molar-refractivity contribution in [3.63, 3.8) is 0 Å². The molecule has 0 aliphatic heterocycles. The Morgan fingerprint density at radius 1 is 0.969 bits per heavy atom. The molecule has 0 saturated carbocycles. The van der Waals surface area contributed by atoms with Crippen molar-refractivity contribution in [1.29, 1.82) is 0 Å². The van der Waals surface area contributed by atoms with Crippen LogP contribution in [0.1, 0.15) is 59.6 Å². The molecule has 0 aliphatic rings. The number of rotatable bonds is 11. The van der Waals surface area contributed by atoms with Gasteiger partial charge in [0.1, 0.15) is 5.82 Å². The zero-order valence-electron chi connectivity index (χ0n) is 19.7. The van der Waals surface area contributed by atoms with Gasteiger partial charge in [0.2, 0.25) is 5.13 Å². The lowest BCUT2D eigenvalue weighted by molar-refractivity contribution is 0.0798. The number of hydrogen-bond acceptors (Lipinski definition) is 5. The van der Waals surface area contributed by atoms with Crippen LogP contribution in [-0.4, -0.2) is 46.8 Å². The van der Waals surface area contributed by atoms with Gasteiger partial charge >= 0.3 is 0 Å². The molecule has 0 radical (unpaired) electrons. The van der Waals surface area contributed by atoms with Crippen LogP contribution in [0.5, 0.6) is 0 Å². The van der Waals surface area contributed by atoms with Gasteiger partial charge in [-0.2, -0.15) is 4.37 Å². The SMILES string of the molecule is CCCCc1ccc(C(=O)N(C)CCN(CC)c2nc(Cc3ccc(C)cc3)ns2)cc1. The Bertz CT molecular complexity index is 982. The number of likely N-dealkylation sites (N-methyl/N-ethyl adjacent to an activating group) is 2. The Morgan fingerprint density at radius 3 is 2.31 bits per heavy atom. The van der Waals surface area contributed by atoms with Gasteiger partial charge in [-0.1, -0.05) is 55.3 Å². The first-order chi connectivity index (χ1) is 15.5. The van der Waals surface area contributed by atoms with Crippen molar-refractivity contribution in [2.75, 3.05) is 31.6 Å². The van der Waals surface area contributed by atoms with E-state index in [1.165, 1.54) is 41.1 Å². The molecule has 1 heterocycles. The third-order valence-corrected chi connectivity index (χ3v) is 6.48. The molecule has 5 nitrogen and oxygen atoms in total. The highest BCUT2D eigenvalue weighted by molar-refractivity contribution is 7.09. The summed E-state index contributed by atoms with van der Waals surface area (Å²) in [6, 6.07) is 16.5. The number of carbonyl (C=O) groups excluding carboxylic acids is 1. The van der Waals surface area contributed by atoms with Gasteiger partial charge in [0.15, 0.2) is 0 Å². The predicted octanol–water partition coefficient (Wildman–Crippen LogP) is 5.38. The second-order valence-electron chi connectivity index (χ2n) is 8.26. The summed E-state index contributed by atoms with van der Waals surface area (Å²) in [7, 11) is 1.87. The minimum atomic E-state index is 0.0559. The van der Waals surface area contributed by atoms with E-state index in [-0.39, 0.29) is 5.91 Å². The maximum absolute atomic E-state index is 12.8. The standard InChI is InChI=1S/C26H34N4OS/c1-5-7-8-21-13-15-23(16-14-21)25(31)29(4)17-18-30(6-2)26-27-24(28-32-26)19-22-11-9-20(3)10-12-22/h9-16H,5-8,17-19H2,1-4H3. The first kappa shape index (κ1) is 23.9. The summed E-state index contributed by atoms with van der Waals surface area (Å²) >= 11 is 1.43. The molecule has 0 saturated heterocycles. The van der Waals surface area contributed by atoms with Crippen LogP contribution in [0.15, 0.2) is 48.5 Å². The number of hydrogen-bond donors (Lipinski definition) is 0. The van der Waals surface area contributed by atoms with E-state index in [1.54, 1.807) is 4.90 Å². The van der Waals surface area contributed by atoms with Crippen LogP contribution in [0.3, 0.4) is 0 Å². The number of unbranched alkanes of at least 4 members (excludes halogenated alkanes) is 1. The molecule has 3 rings (SSSR count). The molecule has 0 unspecified atom stereocenters. The fraction of sp³-hybridized carbons (Fsp3) is 0.423. The quantitative estimate of drug-likeness (QED) is 0.394. The molecule has 170 valence electrons. The highest BCUT2D eigenvalue weighted by Gasteiger charge is 2.16. The number of aryl methyl sites for hydroxylation is 2. The first-order valence-corrected chi connectivity index (χ1v) is 12.2. The normalized spacial score (nSPS) is 10.9. The van der Waals surface area contributed by atoms with Crippen molar-refractivity contribution in [3.05, 3.63) is 76.6 Å². The number of anilines is 1. The van der Waals surface area contributed by atoms with Crippen LogP contribution in [0.2, 0.25) is 0 Å². The molecule has 0 spiro atoms. The van der Waals surface area contributed by atoms with Gasteiger partial charge in [0.25, 0.3) is 5.91 Å². The lowest BCUT2D eigenvalue weighted by Crippen LogP contribution is -2.36. The van der Waals surface area contributed by atoms with Gasteiger partial charge in [0, 0.05) is 50.2 Å². The molecular weight excluding hydrogens is 416 g/mol. The van der Waals surface area contributed by atoms with Gasteiger partial charge in [-0.3, -0.25) is 4.79 Å². The van der Waals surface area contributed by atoms with Gasteiger partial charge < -0.3 is 9.80 Å². The predicted molar refractivity (Wildman–Crippen MR) is 134 cm³/mol. The molecule has 0 bridgehead atoms. The number of benzene rings is 2. The molecule has 6 heteroatoms. The smallest absolute Gasteiger partial charge is 0.253 e. The Hall–Kier alpha value is -2.73. The van der Waals surface area contributed by atoms with Crippen molar-refractivity contribution in [1.82, 2.24) is 14.3 Å². The summed E-state index contributed by atoms with van der Waals surface area (Å²) in [6.45, 7) is 8.58. The number of nitrogens with zero attached hydrogens (tertiary/aromatic N) is 4. The molecule has 0 fully saturated rings. The second-order valence-corrected chi connectivity index (χ2v) is 8.99. The highest BCUT2D eigenvalue weighted by atomic mass is 32.1. The molecule has 0 atom stereocenters. The fourth-order valence-electron chi connectivity index (χ4n) is 3.51. The van der Waals surface area contributed by atoms with Crippen LogP contribution < -0.4 is 4.90 Å². The topological polar surface area (TPSA) is 49.3 Å². The molecule has 32 heavy (non-hydrogen) atoms. The minimum Gasteiger partial charge on any atom is -0.345 e. The average Bonchev–Trinajstić information content (AvgIpc) is 3.27. The van der Waals surface area contributed by atoms with Gasteiger partial charge in [-0.25, -0.2) is 4.98 Å². The summed E-state index contributed by atoms with van der Waals surface area (Å²) < 4.78 is 4.55. The van der Waals surface area contributed by atoms with Gasteiger partial charge in [-0.05, 0) is 49.9 Å². The van der Waals surface area contributed by atoms with Crippen molar-refractivity contribution in [2.45, 2.75) is 46.5 Å². The zero-order chi connectivity index (χ0) is 22.9. The first-order valence-electron chi connectivity index (χ1n) is 11.5. The van der Waals surface area contributed by atoms with Gasteiger partial charge in [-0.15, -0.1) is 0 Å². The number of carbonyl (C=O) groups is 1. The molecule has 0 N–H and O–H groups in total. The van der Waals surface area contributed by atoms with Crippen LogP contribution in [0.4, 0.5) is 5.13 Å². The lowest BCUT2D eigenvalue weighted by atomic mass is 10.1. The van der Waals surface area contributed by atoms with E-state index in [4.69, 9.17) is 4.98 Å². The number of aromatic nitrogens is 2. The maximum atomic E-state index is 12.8. The summed E-state index contributed by atoms with van der Waals surface area (Å²) in [5.41, 5.74) is 4.51. The van der Waals surface area contributed by atoms with Crippen molar-refractivity contribution in [2.24, 2.45) is 0 Å². The Balaban J connectivity index is 1.54. The third kappa shape index (κ3) is 6.63. The Kier molecular flexibility index (Phi) is 8.80. The number of amides is 1. The van der Waals surface area contributed by atoms with E-state index in [9.17, 15) is 4.79 Å². The van der Waals surface area contributed by atoms with Crippen molar-refractivity contribution >= 4 is 22.6 Å². The van der Waals surface area contributed by atoms with Gasteiger partial charge in [0.05, 0.1) is 0 Å². The van der Waals surface area contributed by atoms with E-state index < -0.39 is 0 Å². The van der Waals surface area contributed by atoms with Crippen molar-refractivity contribution < 1.29 is 4.79 Å². The molecule has 2 aromatic carbocycles. The van der Waals surface area contributed by atoms with Crippen LogP contribution in [0.25, 0.3) is 0 Å².